The van der Waals surface area contributed by atoms with Gasteiger partial charge >= 0.3 is 6.03 Å². The van der Waals surface area contributed by atoms with Crippen molar-refractivity contribution in [2.45, 2.75) is 64.1 Å². The van der Waals surface area contributed by atoms with Crippen molar-refractivity contribution < 1.29 is 18.7 Å². The lowest BCUT2D eigenvalue weighted by atomic mass is 10.0. The number of nitrogens with one attached hydrogen (secondary N) is 1. The molecule has 3 fully saturated rings. The van der Waals surface area contributed by atoms with Crippen LogP contribution in [0.15, 0.2) is 23.1 Å². The Morgan fingerprint density at radius 3 is 2.53 bits per heavy atom. The fourth-order valence-corrected chi connectivity index (χ4v) is 4.99. The molecule has 0 saturated carbocycles. The minimum atomic E-state index is -0.914. The van der Waals surface area contributed by atoms with Crippen molar-refractivity contribution >= 4 is 11.9 Å². The van der Waals surface area contributed by atoms with Crippen LogP contribution in [-0.2, 0) is 22.6 Å². The van der Waals surface area contributed by atoms with Gasteiger partial charge in [-0.05, 0) is 31.9 Å². The molecule has 188 valence electrons. The maximum Gasteiger partial charge on any atom is 0.324 e. The molecule has 4 rings (SSSR count). The molecule has 9 nitrogen and oxygen atoms in total. The smallest absolute Gasteiger partial charge is 0.324 e. The average Bonchev–Trinajstić information content (AvgIpc) is 2.83. The van der Waals surface area contributed by atoms with Crippen molar-refractivity contribution in [2.75, 3.05) is 45.8 Å². The van der Waals surface area contributed by atoms with E-state index in [0.29, 0.717) is 25.2 Å². The van der Waals surface area contributed by atoms with E-state index in [1.165, 1.54) is 4.90 Å². The number of nitrogens with zero attached hydrogens (tertiary/aromatic N) is 4. The van der Waals surface area contributed by atoms with E-state index in [-0.39, 0.29) is 36.6 Å². The number of alkyl halides is 1. The monoisotopic (exact) mass is 477 g/mol. The van der Waals surface area contributed by atoms with Crippen LogP contribution in [0.3, 0.4) is 0 Å². The van der Waals surface area contributed by atoms with Crippen LogP contribution in [0.1, 0.15) is 38.2 Å². The largest absolute Gasteiger partial charge is 0.372 e. The third-order valence-corrected chi connectivity index (χ3v) is 7.17. The number of aromatic nitrogens is 1. The third kappa shape index (κ3) is 6.22. The highest BCUT2D eigenvalue weighted by Crippen LogP contribution is 2.23. The Morgan fingerprint density at radius 1 is 1.06 bits per heavy atom. The average molecular weight is 478 g/mol. The molecule has 3 aliphatic rings. The van der Waals surface area contributed by atoms with Crippen LogP contribution in [0.25, 0.3) is 0 Å². The van der Waals surface area contributed by atoms with Crippen molar-refractivity contribution in [3.8, 4) is 0 Å². The highest BCUT2D eigenvalue weighted by Gasteiger charge is 2.32. The maximum atomic E-state index is 14.4. The van der Waals surface area contributed by atoms with Crippen LogP contribution >= 0.6 is 0 Å². The summed E-state index contributed by atoms with van der Waals surface area (Å²) in [6, 6.07) is 3.10. The van der Waals surface area contributed by atoms with Crippen LogP contribution in [-0.4, -0.2) is 95.4 Å². The Balaban J connectivity index is 1.23. The van der Waals surface area contributed by atoms with Gasteiger partial charge in [-0.15, -0.1) is 0 Å². The molecule has 2 unspecified atom stereocenters. The van der Waals surface area contributed by atoms with Crippen LogP contribution in [0.4, 0.5) is 9.18 Å². The second kappa shape index (κ2) is 11.4. The molecule has 3 amide bonds. The molecular formula is C24H36FN5O4. The molecule has 3 saturated heterocycles. The standard InChI is InChI=1S/C24H36FN5O4/c1-2-27-12-7-21(20(25)17-27)34-19-5-10-28(11-6-19)14-15-29-9-3-4-18(23(29)32)16-30-13-8-22(31)26-24(30)33/h3-4,9,19-21H,2,5-8,10-17H2,1H3,(H,26,31,33). The summed E-state index contributed by atoms with van der Waals surface area (Å²) in [5.41, 5.74) is 0.423. The molecule has 1 aromatic heterocycles. The molecule has 34 heavy (non-hydrogen) atoms. The number of pyridine rings is 1. The zero-order chi connectivity index (χ0) is 24.1. The van der Waals surface area contributed by atoms with E-state index in [9.17, 15) is 18.8 Å². The minimum absolute atomic E-state index is 0.0984. The lowest BCUT2D eigenvalue weighted by Crippen LogP contribution is -2.49. The molecule has 0 radical (unpaired) electrons. The normalized spacial score (nSPS) is 25.5. The first-order chi connectivity index (χ1) is 16.4. The van der Waals surface area contributed by atoms with E-state index in [2.05, 4.69) is 22.0 Å². The number of hydrogen-bond donors (Lipinski definition) is 1. The van der Waals surface area contributed by atoms with Crippen molar-refractivity contribution in [3.05, 3.63) is 34.2 Å². The minimum Gasteiger partial charge on any atom is -0.372 e. The Bertz CT molecular complexity index is 917. The predicted octanol–water partition coefficient (Wildman–Crippen LogP) is 1.20. The number of urea groups is 1. The van der Waals surface area contributed by atoms with Gasteiger partial charge in [-0.25, -0.2) is 9.18 Å². The first kappa shape index (κ1) is 24.8. The molecule has 1 N–H and O–H groups in total. The van der Waals surface area contributed by atoms with Gasteiger partial charge in [0, 0.05) is 64.0 Å². The number of likely N-dealkylation sites (tertiary alicyclic amines) is 2. The molecule has 0 aliphatic carbocycles. The fraction of sp³-hybridized carbons (Fsp3) is 0.708. The molecule has 1 aromatic rings. The van der Waals surface area contributed by atoms with Gasteiger partial charge in [0.05, 0.1) is 18.8 Å². The summed E-state index contributed by atoms with van der Waals surface area (Å²) in [5, 5.41) is 2.29. The number of imide groups is 1. The summed E-state index contributed by atoms with van der Waals surface area (Å²) >= 11 is 0. The Morgan fingerprint density at radius 2 is 1.82 bits per heavy atom. The van der Waals surface area contributed by atoms with Gasteiger partial charge in [-0.1, -0.05) is 13.0 Å². The zero-order valence-electron chi connectivity index (χ0n) is 20.0. The van der Waals surface area contributed by atoms with E-state index in [0.717, 1.165) is 52.0 Å². The van der Waals surface area contributed by atoms with E-state index in [4.69, 9.17) is 4.74 Å². The molecule has 0 bridgehead atoms. The van der Waals surface area contributed by atoms with Crippen molar-refractivity contribution in [1.82, 2.24) is 24.6 Å². The van der Waals surface area contributed by atoms with E-state index >= 15 is 0 Å². The SMILES string of the molecule is CCN1CCC(OC2CCN(CCn3cccc(CN4CCC(=O)NC4=O)c3=O)CC2)C(F)C1. The Labute approximate surface area is 199 Å². The molecule has 3 aliphatic heterocycles. The number of ether oxygens (including phenoxy) is 1. The molecule has 4 heterocycles. The molecule has 0 aromatic carbocycles. The predicted molar refractivity (Wildman–Crippen MR) is 125 cm³/mol. The van der Waals surface area contributed by atoms with Gasteiger partial charge in [0.15, 0.2) is 0 Å². The third-order valence-electron chi connectivity index (χ3n) is 7.17. The molecule has 2 atom stereocenters. The lowest BCUT2D eigenvalue weighted by molar-refractivity contribution is -0.121. The number of carbonyl (C=O) groups is 2. The highest BCUT2D eigenvalue weighted by molar-refractivity contribution is 5.96. The summed E-state index contributed by atoms with van der Waals surface area (Å²) in [6.07, 6.45) is 3.41. The fourth-order valence-electron chi connectivity index (χ4n) is 4.99. The zero-order valence-corrected chi connectivity index (χ0v) is 20.0. The van der Waals surface area contributed by atoms with Crippen molar-refractivity contribution in [2.24, 2.45) is 0 Å². The summed E-state index contributed by atoms with van der Waals surface area (Å²) in [4.78, 5) is 42.1. The van der Waals surface area contributed by atoms with Crippen LogP contribution < -0.4 is 10.9 Å². The summed E-state index contributed by atoms with van der Waals surface area (Å²) in [5.74, 6) is -0.285. The van der Waals surface area contributed by atoms with Gasteiger partial charge in [-0.2, -0.15) is 0 Å². The van der Waals surface area contributed by atoms with Gasteiger partial charge in [0.2, 0.25) is 5.91 Å². The van der Waals surface area contributed by atoms with Gasteiger partial charge in [-0.3, -0.25) is 14.9 Å². The Kier molecular flexibility index (Phi) is 8.33. The Hall–Kier alpha value is -2.30. The maximum absolute atomic E-state index is 14.4. The molecule has 0 spiro atoms. The second-order valence-corrected chi connectivity index (χ2v) is 9.47. The van der Waals surface area contributed by atoms with Gasteiger partial charge < -0.3 is 24.0 Å². The van der Waals surface area contributed by atoms with Crippen LogP contribution in [0, 0.1) is 0 Å². The second-order valence-electron chi connectivity index (χ2n) is 9.47. The number of carbonyl (C=O) groups excluding carboxylic acids is 2. The highest BCUT2D eigenvalue weighted by atomic mass is 19.1. The van der Waals surface area contributed by atoms with Gasteiger partial charge in [0.25, 0.3) is 5.56 Å². The number of hydrogen-bond acceptors (Lipinski definition) is 6. The van der Waals surface area contributed by atoms with Crippen LogP contribution in [0.2, 0.25) is 0 Å². The van der Waals surface area contributed by atoms with E-state index < -0.39 is 12.2 Å². The summed E-state index contributed by atoms with van der Waals surface area (Å²) < 4.78 is 22.2. The van der Waals surface area contributed by atoms with Gasteiger partial charge in [0.1, 0.15) is 6.17 Å². The quantitative estimate of drug-likeness (QED) is 0.606. The number of piperidine rings is 2. The number of amides is 3. The summed E-state index contributed by atoms with van der Waals surface area (Å²) in [6.45, 7) is 7.85. The van der Waals surface area contributed by atoms with Crippen molar-refractivity contribution in [3.63, 3.8) is 0 Å². The number of rotatable bonds is 8. The lowest BCUT2D eigenvalue weighted by Gasteiger charge is -2.38. The number of halogens is 1. The first-order valence-electron chi connectivity index (χ1n) is 12.4. The van der Waals surface area contributed by atoms with Crippen LogP contribution in [0.5, 0.6) is 0 Å². The van der Waals surface area contributed by atoms with Crippen molar-refractivity contribution in [1.29, 1.82) is 0 Å². The molecular weight excluding hydrogens is 441 g/mol. The topological polar surface area (TPSA) is 87.1 Å². The van der Waals surface area contributed by atoms with E-state index in [1.54, 1.807) is 16.8 Å². The van der Waals surface area contributed by atoms with E-state index in [1.807, 2.05) is 6.07 Å². The molecule has 10 heteroatoms. The first-order valence-corrected chi connectivity index (χ1v) is 12.4. The summed E-state index contributed by atoms with van der Waals surface area (Å²) in [7, 11) is 0.